The number of likely N-dealkylation sites (N-methyl/N-ethyl adjacent to an activating group) is 1. The maximum Gasteiger partial charge on any atom is 0.420 e. The molecule has 212 valence electrons. The predicted molar refractivity (Wildman–Crippen MR) is 145 cm³/mol. The van der Waals surface area contributed by atoms with Crippen molar-refractivity contribution >= 4 is 11.1 Å². The molecule has 0 bridgehead atoms. The summed E-state index contributed by atoms with van der Waals surface area (Å²) < 4.78 is 64.1. The fraction of sp³-hybridized carbons (Fsp3) is 0.300. The van der Waals surface area contributed by atoms with E-state index in [-0.39, 0.29) is 29.6 Å². The van der Waals surface area contributed by atoms with Crippen LogP contribution in [-0.2, 0) is 19.8 Å². The summed E-state index contributed by atoms with van der Waals surface area (Å²) >= 11 is 0. The van der Waals surface area contributed by atoms with Crippen LogP contribution in [0.3, 0.4) is 0 Å². The summed E-state index contributed by atoms with van der Waals surface area (Å²) in [5.74, 6) is 0.0565. The Morgan fingerprint density at radius 3 is 2.56 bits per heavy atom. The Morgan fingerprint density at radius 1 is 1.05 bits per heavy atom. The molecule has 1 aliphatic rings. The third-order valence-corrected chi connectivity index (χ3v) is 7.65. The molecule has 1 aliphatic carbocycles. The Hall–Kier alpha value is -4.09. The van der Waals surface area contributed by atoms with Crippen LogP contribution in [0.15, 0.2) is 65.3 Å². The summed E-state index contributed by atoms with van der Waals surface area (Å²) in [6.45, 7) is 0.230. The van der Waals surface area contributed by atoms with Gasteiger partial charge >= 0.3 is 6.18 Å². The second kappa shape index (κ2) is 10.4. The number of nitrogens with zero attached hydrogens (tertiary/aromatic N) is 5. The second-order valence-corrected chi connectivity index (χ2v) is 10.5. The van der Waals surface area contributed by atoms with Crippen LogP contribution in [0.4, 0.5) is 17.6 Å². The van der Waals surface area contributed by atoms with Gasteiger partial charge in [-0.1, -0.05) is 18.2 Å². The van der Waals surface area contributed by atoms with E-state index in [4.69, 9.17) is 4.42 Å². The van der Waals surface area contributed by atoms with Gasteiger partial charge in [0.05, 0.1) is 6.10 Å². The fourth-order valence-electron chi connectivity index (χ4n) is 5.66. The minimum Gasteiger partial charge on any atom is -0.435 e. The predicted octanol–water partition coefficient (Wildman–Crippen LogP) is 6.46. The molecule has 7 nitrogen and oxygen atoms in total. The van der Waals surface area contributed by atoms with E-state index in [9.17, 15) is 22.7 Å². The minimum absolute atomic E-state index is 0.0337. The average Bonchev–Trinajstić information content (AvgIpc) is 3.67. The topological polar surface area (TPSA) is 80.2 Å². The Kier molecular flexibility index (Phi) is 6.87. The van der Waals surface area contributed by atoms with Gasteiger partial charge < -0.3 is 14.1 Å². The van der Waals surface area contributed by atoms with Crippen molar-refractivity contribution in [1.29, 1.82) is 0 Å². The largest absolute Gasteiger partial charge is 0.435 e. The van der Waals surface area contributed by atoms with Gasteiger partial charge in [-0.2, -0.15) is 13.2 Å². The Labute approximate surface area is 233 Å². The highest BCUT2D eigenvalue weighted by Gasteiger charge is 2.36. The van der Waals surface area contributed by atoms with Crippen molar-refractivity contribution in [3.8, 4) is 34.0 Å². The molecule has 3 aromatic carbocycles. The molecule has 6 rings (SSSR count). The standard InChI is InChI=1S/C30H27F4N5O2/c1-38(25-7-4-8-26(25)40)15-17-11-23(30(32,33)34)27-24(12-17)36-29(41-27)19-6-3-5-18(13-19)21-10-9-20(31)14-22(21)28-37-35-16-39(28)2/h3,5-6,9-14,16,25-26,40H,4,7-8,15H2,1-2H3/t25-,26+/m1/s1. The van der Waals surface area contributed by atoms with Crippen LogP contribution in [0.25, 0.3) is 45.1 Å². The molecule has 11 heteroatoms. The van der Waals surface area contributed by atoms with Crippen molar-refractivity contribution in [2.24, 2.45) is 7.05 Å². The SMILES string of the molecule is CN(Cc1cc(C(F)(F)F)c2oc(-c3cccc(-c4ccc(F)cc4-c4nncn4C)c3)nc2c1)[C@@H]1CCC[C@@H]1O. The third-order valence-electron chi connectivity index (χ3n) is 7.65. The molecular formula is C30H27F4N5O2. The molecule has 0 saturated heterocycles. The number of halogens is 4. The summed E-state index contributed by atoms with van der Waals surface area (Å²) in [6, 6.07) is 13.9. The van der Waals surface area contributed by atoms with Crippen molar-refractivity contribution in [1.82, 2.24) is 24.6 Å². The molecule has 1 saturated carbocycles. The van der Waals surface area contributed by atoms with E-state index in [1.807, 2.05) is 11.0 Å². The lowest BCUT2D eigenvalue weighted by molar-refractivity contribution is -0.136. The van der Waals surface area contributed by atoms with Crippen molar-refractivity contribution in [2.45, 2.75) is 44.1 Å². The van der Waals surface area contributed by atoms with E-state index in [1.54, 1.807) is 49.0 Å². The van der Waals surface area contributed by atoms with E-state index in [1.165, 1.54) is 18.5 Å². The van der Waals surface area contributed by atoms with Crippen LogP contribution in [0.5, 0.6) is 0 Å². The van der Waals surface area contributed by atoms with Crippen molar-refractivity contribution in [2.75, 3.05) is 7.05 Å². The number of rotatable bonds is 6. The Morgan fingerprint density at radius 2 is 1.85 bits per heavy atom. The van der Waals surface area contributed by atoms with Crippen LogP contribution in [0, 0.1) is 5.82 Å². The lowest BCUT2D eigenvalue weighted by Gasteiger charge is -2.27. The van der Waals surface area contributed by atoms with Gasteiger partial charge in [-0.15, -0.1) is 10.2 Å². The maximum absolute atomic E-state index is 14.2. The fourth-order valence-corrected chi connectivity index (χ4v) is 5.66. The van der Waals surface area contributed by atoms with Crippen LogP contribution in [0.2, 0.25) is 0 Å². The average molecular weight is 566 g/mol. The van der Waals surface area contributed by atoms with Gasteiger partial charge in [-0.05, 0) is 79.4 Å². The van der Waals surface area contributed by atoms with Crippen LogP contribution in [0.1, 0.15) is 30.4 Å². The van der Waals surface area contributed by atoms with Crippen LogP contribution >= 0.6 is 0 Å². The highest BCUT2D eigenvalue weighted by Crippen LogP contribution is 2.39. The molecule has 0 unspecified atom stereocenters. The first-order valence-electron chi connectivity index (χ1n) is 13.2. The minimum atomic E-state index is -4.66. The lowest BCUT2D eigenvalue weighted by Crippen LogP contribution is -2.37. The summed E-state index contributed by atoms with van der Waals surface area (Å²) in [5, 5.41) is 18.2. The molecular weight excluding hydrogens is 538 g/mol. The molecule has 0 aliphatic heterocycles. The van der Waals surface area contributed by atoms with E-state index in [0.717, 1.165) is 18.9 Å². The molecule has 1 fully saturated rings. The normalized spacial score (nSPS) is 17.7. The molecule has 2 aromatic heterocycles. The maximum atomic E-state index is 14.2. The van der Waals surface area contributed by atoms with Crippen molar-refractivity contribution in [3.05, 3.63) is 77.9 Å². The molecule has 0 radical (unpaired) electrons. The Bertz CT molecular complexity index is 1730. The molecule has 0 amide bonds. The van der Waals surface area contributed by atoms with E-state index in [2.05, 4.69) is 15.2 Å². The van der Waals surface area contributed by atoms with Crippen molar-refractivity contribution < 1.29 is 27.1 Å². The number of aliphatic hydroxyl groups is 1. The van der Waals surface area contributed by atoms with Crippen LogP contribution in [-0.4, -0.2) is 48.9 Å². The smallest absolute Gasteiger partial charge is 0.420 e. The molecule has 41 heavy (non-hydrogen) atoms. The monoisotopic (exact) mass is 565 g/mol. The quantitative estimate of drug-likeness (QED) is 0.238. The molecule has 0 spiro atoms. The number of fused-ring (bicyclic) bond motifs is 1. The van der Waals surface area contributed by atoms with Gasteiger partial charge in [-0.25, -0.2) is 9.37 Å². The van der Waals surface area contributed by atoms with Gasteiger partial charge in [-0.3, -0.25) is 4.90 Å². The Balaban J connectivity index is 1.40. The zero-order valence-electron chi connectivity index (χ0n) is 22.4. The van der Waals surface area contributed by atoms with E-state index in [0.29, 0.717) is 40.1 Å². The highest BCUT2D eigenvalue weighted by molar-refractivity contribution is 5.84. The first-order valence-corrected chi connectivity index (χ1v) is 13.2. The molecule has 2 heterocycles. The van der Waals surface area contributed by atoms with Gasteiger partial charge in [0, 0.05) is 30.8 Å². The van der Waals surface area contributed by atoms with Gasteiger partial charge in [0.15, 0.2) is 11.4 Å². The summed E-state index contributed by atoms with van der Waals surface area (Å²) in [6.07, 6.45) is -1.27. The highest BCUT2D eigenvalue weighted by atomic mass is 19.4. The summed E-state index contributed by atoms with van der Waals surface area (Å²) in [5.41, 5.74) is 1.60. The summed E-state index contributed by atoms with van der Waals surface area (Å²) in [4.78, 5) is 6.34. The number of hydrogen-bond donors (Lipinski definition) is 1. The van der Waals surface area contributed by atoms with Crippen molar-refractivity contribution in [3.63, 3.8) is 0 Å². The zero-order chi connectivity index (χ0) is 28.9. The number of alkyl halides is 3. The van der Waals surface area contributed by atoms with Gasteiger partial charge in [0.25, 0.3) is 0 Å². The first kappa shape index (κ1) is 27.1. The molecule has 2 atom stereocenters. The second-order valence-electron chi connectivity index (χ2n) is 10.5. The van der Waals surface area contributed by atoms with Gasteiger partial charge in [0.2, 0.25) is 5.89 Å². The lowest BCUT2D eigenvalue weighted by atomic mass is 9.97. The van der Waals surface area contributed by atoms with E-state index < -0.39 is 23.7 Å². The van der Waals surface area contributed by atoms with E-state index >= 15 is 0 Å². The third kappa shape index (κ3) is 5.22. The number of hydrogen-bond acceptors (Lipinski definition) is 6. The first-order chi connectivity index (χ1) is 19.6. The molecule has 1 N–H and O–H groups in total. The summed E-state index contributed by atoms with van der Waals surface area (Å²) in [7, 11) is 3.56. The van der Waals surface area contributed by atoms with Crippen LogP contribution < -0.4 is 0 Å². The van der Waals surface area contributed by atoms with Gasteiger partial charge in [0.1, 0.15) is 23.2 Å². The number of benzene rings is 3. The number of aliphatic hydroxyl groups excluding tert-OH is 1. The molecule has 5 aromatic rings. The zero-order valence-corrected chi connectivity index (χ0v) is 22.4. The number of aryl methyl sites for hydroxylation is 1. The number of oxazole rings is 1. The number of aromatic nitrogens is 4.